The highest BCUT2D eigenvalue weighted by Crippen LogP contribution is 2.25. The zero-order valence-corrected chi connectivity index (χ0v) is 18.7. The fourth-order valence-electron chi connectivity index (χ4n) is 3.01. The highest BCUT2D eigenvalue weighted by Gasteiger charge is 2.19. The van der Waals surface area contributed by atoms with Gasteiger partial charge in [0.25, 0.3) is 5.91 Å². The lowest BCUT2D eigenvalue weighted by Crippen LogP contribution is -2.15. The maximum atomic E-state index is 12.9. The third kappa shape index (κ3) is 4.30. The van der Waals surface area contributed by atoms with Crippen molar-refractivity contribution in [2.75, 3.05) is 5.32 Å². The zero-order valence-electron chi connectivity index (χ0n) is 16.4. The number of rotatable bonds is 4. The molecule has 1 aromatic heterocycles. The van der Waals surface area contributed by atoms with Gasteiger partial charge in [-0.25, -0.2) is 9.67 Å². The predicted molar refractivity (Wildman–Crippen MR) is 123 cm³/mol. The number of aryl methyl sites for hydroxylation is 2. The van der Waals surface area contributed by atoms with Gasteiger partial charge in [0.05, 0.1) is 5.69 Å². The molecule has 0 bridgehead atoms. The zero-order chi connectivity index (χ0) is 21.3. The van der Waals surface area contributed by atoms with Crippen LogP contribution >= 0.6 is 27.5 Å². The first-order valence-electron chi connectivity index (χ1n) is 9.28. The molecule has 5 nitrogen and oxygen atoms in total. The minimum absolute atomic E-state index is 0.0868. The lowest BCUT2D eigenvalue weighted by molar-refractivity contribution is 0.101. The monoisotopic (exact) mass is 480 g/mol. The number of amides is 1. The van der Waals surface area contributed by atoms with E-state index in [1.807, 2.05) is 68.4 Å². The van der Waals surface area contributed by atoms with Crippen molar-refractivity contribution in [2.24, 2.45) is 0 Å². The van der Waals surface area contributed by atoms with Crippen LogP contribution in [0.2, 0.25) is 5.02 Å². The molecule has 1 amide bonds. The molecule has 1 heterocycles. The fraction of sp³-hybridized carbons (Fsp3) is 0.0870. The molecule has 0 aliphatic carbocycles. The average molecular weight is 482 g/mol. The van der Waals surface area contributed by atoms with Crippen molar-refractivity contribution in [3.8, 4) is 17.1 Å². The van der Waals surface area contributed by atoms with Crippen LogP contribution in [0.25, 0.3) is 17.1 Å². The Morgan fingerprint density at radius 2 is 1.70 bits per heavy atom. The second kappa shape index (κ2) is 8.42. The molecule has 0 saturated heterocycles. The fourth-order valence-corrected chi connectivity index (χ4v) is 3.40. The third-order valence-electron chi connectivity index (χ3n) is 4.63. The highest BCUT2D eigenvalue weighted by atomic mass is 79.9. The molecule has 7 heteroatoms. The number of carbonyl (C=O) groups excluding carboxylic acids is 1. The van der Waals surface area contributed by atoms with Gasteiger partial charge in [0, 0.05) is 20.7 Å². The molecule has 150 valence electrons. The summed E-state index contributed by atoms with van der Waals surface area (Å²) in [6.07, 6.45) is 0. The van der Waals surface area contributed by atoms with Gasteiger partial charge in [-0.05, 0) is 67.4 Å². The number of nitrogens with one attached hydrogen (secondary N) is 1. The van der Waals surface area contributed by atoms with Crippen molar-refractivity contribution in [1.29, 1.82) is 0 Å². The van der Waals surface area contributed by atoms with Gasteiger partial charge in [-0.1, -0.05) is 51.8 Å². The van der Waals surface area contributed by atoms with E-state index in [-0.39, 0.29) is 11.7 Å². The number of nitrogens with zero attached hydrogens (tertiary/aromatic N) is 3. The molecule has 0 atom stereocenters. The minimum atomic E-state index is -0.366. The average Bonchev–Trinajstić information content (AvgIpc) is 3.17. The first-order valence-corrected chi connectivity index (χ1v) is 10.5. The molecular formula is C23H18BrClN4O. The maximum absolute atomic E-state index is 12.9. The molecular weight excluding hydrogens is 464 g/mol. The van der Waals surface area contributed by atoms with E-state index in [0.29, 0.717) is 10.8 Å². The number of halogens is 2. The van der Waals surface area contributed by atoms with Crippen LogP contribution in [0.15, 0.2) is 71.2 Å². The lowest BCUT2D eigenvalue weighted by Gasteiger charge is -2.07. The van der Waals surface area contributed by atoms with Gasteiger partial charge < -0.3 is 5.32 Å². The van der Waals surface area contributed by atoms with Crippen LogP contribution in [0.5, 0.6) is 0 Å². The standard InChI is InChI=1S/C23H18BrClN4O/c1-14-3-4-15(2)20(13-14)26-23(30)21-27-22(16-5-7-17(24)8-6-16)29(28-21)19-11-9-18(25)10-12-19/h3-13H,1-2H3,(H,26,30). The van der Waals surface area contributed by atoms with Gasteiger partial charge in [-0.15, -0.1) is 5.10 Å². The van der Waals surface area contributed by atoms with Crippen molar-refractivity contribution in [3.05, 3.63) is 93.2 Å². The lowest BCUT2D eigenvalue weighted by atomic mass is 10.1. The number of hydrogen-bond donors (Lipinski definition) is 1. The number of aromatic nitrogens is 3. The molecule has 0 aliphatic heterocycles. The normalized spacial score (nSPS) is 10.8. The molecule has 0 fully saturated rings. The summed E-state index contributed by atoms with van der Waals surface area (Å²) in [4.78, 5) is 17.5. The smallest absolute Gasteiger partial charge is 0.295 e. The summed E-state index contributed by atoms with van der Waals surface area (Å²) in [5.41, 5.74) is 4.38. The second-order valence-electron chi connectivity index (χ2n) is 6.93. The van der Waals surface area contributed by atoms with Gasteiger partial charge in [0.15, 0.2) is 5.82 Å². The van der Waals surface area contributed by atoms with E-state index in [9.17, 15) is 4.79 Å². The molecule has 3 aromatic carbocycles. The molecule has 0 aliphatic rings. The Bertz CT molecular complexity index is 1150. The Morgan fingerprint density at radius 1 is 1.00 bits per heavy atom. The van der Waals surface area contributed by atoms with E-state index in [1.54, 1.807) is 16.8 Å². The van der Waals surface area contributed by atoms with Gasteiger partial charge in [-0.2, -0.15) is 0 Å². The van der Waals surface area contributed by atoms with Crippen LogP contribution in [0, 0.1) is 13.8 Å². The molecule has 4 rings (SSSR count). The van der Waals surface area contributed by atoms with Crippen molar-refractivity contribution < 1.29 is 4.79 Å². The van der Waals surface area contributed by atoms with E-state index in [4.69, 9.17) is 11.6 Å². The van der Waals surface area contributed by atoms with Crippen LogP contribution < -0.4 is 5.32 Å². The summed E-state index contributed by atoms with van der Waals surface area (Å²) in [5.74, 6) is 0.287. The number of benzene rings is 3. The Morgan fingerprint density at radius 3 is 2.40 bits per heavy atom. The molecule has 0 saturated carbocycles. The summed E-state index contributed by atoms with van der Waals surface area (Å²) in [7, 11) is 0. The van der Waals surface area contributed by atoms with Crippen LogP contribution in [0.4, 0.5) is 5.69 Å². The topological polar surface area (TPSA) is 59.8 Å². The largest absolute Gasteiger partial charge is 0.319 e. The molecule has 0 unspecified atom stereocenters. The highest BCUT2D eigenvalue weighted by molar-refractivity contribution is 9.10. The Kier molecular flexibility index (Phi) is 5.70. The first-order chi connectivity index (χ1) is 14.4. The minimum Gasteiger partial charge on any atom is -0.319 e. The molecule has 0 radical (unpaired) electrons. The molecule has 30 heavy (non-hydrogen) atoms. The van der Waals surface area contributed by atoms with Crippen molar-refractivity contribution in [2.45, 2.75) is 13.8 Å². The summed E-state index contributed by atoms with van der Waals surface area (Å²) >= 11 is 9.48. The van der Waals surface area contributed by atoms with Gasteiger partial charge >= 0.3 is 0 Å². The predicted octanol–water partition coefficient (Wildman–Crippen LogP) is 6.22. The van der Waals surface area contributed by atoms with Crippen LogP contribution in [0.3, 0.4) is 0 Å². The Hall–Kier alpha value is -2.96. The summed E-state index contributed by atoms with van der Waals surface area (Å²) in [5, 5.41) is 8.04. The first kappa shape index (κ1) is 20.3. The van der Waals surface area contributed by atoms with Crippen molar-refractivity contribution in [3.63, 3.8) is 0 Å². The van der Waals surface area contributed by atoms with Crippen LogP contribution in [0.1, 0.15) is 21.7 Å². The number of anilines is 1. The maximum Gasteiger partial charge on any atom is 0.295 e. The van der Waals surface area contributed by atoms with E-state index in [2.05, 4.69) is 31.3 Å². The Labute approximate surface area is 187 Å². The SMILES string of the molecule is Cc1ccc(C)c(NC(=O)c2nc(-c3ccc(Br)cc3)n(-c3ccc(Cl)cc3)n2)c1. The van der Waals surface area contributed by atoms with Crippen LogP contribution in [-0.2, 0) is 0 Å². The van der Waals surface area contributed by atoms with Crippen molar-refractivity contribution >= 4 is 39.1 Å². The van der Waals surface area contributed by atoms with E-state index >= 15 is 0 Å². The van der Waals surface area contributed by atoms with Crippen molar-refractivity contribution in [1.82, 2.24) is 14.8 Å². The Balaban J connectivity index is 1.76. The number of carbonyl (C=O) groups is 1. The van der Waals surface area contributed by atoms with E-state index in [0.717, 1.165) is 32.5 Å². The quantitative estimate of drug-likeness (QED) is 0.376. The van der Waals surface area contributed by atoms with E-state index in [1.165, 1.54) is 0 Å². The van der Waals surface area contributed by atoms with Crippen LogP contribution in [-0.4, -0.2) is 20.7 Å². The van der Waals surface area contributed by atoms with Gasteiger partial charge in [0.1, 0.15) is 0 Å². The second-order valence-corrected chi connectivity index (χ2v) is 8.28. The summed E-state index contributed by atoms with van der Waals surface area (Å²) in [6, 6.07) is 20.8. The van der Waals surface area contributed by atoms with Gasteiger partial charge in [-0.3, -0.25) is 4.79 Å². The molecule has 1 N–H and O–H groups in total. The molecule has 4 aromatic rings. The number of hydrogen-bond acceptors (Lipinski definition) is 3. The third-order valence-corrected chi connectivity index (χ3v) is 5.41. The summed E-state index contributed by atoms with van der Waals surface area (Å²) in [6.45, 7) is 3.93. The van der Waals surface area contributed by atoms with Gasteiger partial charge in [0.2, 0.25) is 5.82 Å². The van der Waals surface area contributed by atoms with E-state index < -0.39 is 0 Å². The summed E-state index contributed by atoms with van der Waals surface area (Å²) < 4.78 is 2.61. The molecule has 0 spiro atoms.